The van der Waals surface area contributed by atoms with E-state index < -0.39 is 6.03 Å². The SMILES string of the molecule is CNC(=O)NC(=O)CCN1CCC(C(=O)OC)CC1. The standard InChI is InChI=1S/C12H21N3O4/c1-13-12(18)14-10(16)5-8-15-6-3-9(4-7-15)11(17)19-2/h9H,3-8H2,1-2H3,(H2,13,14,16,18). The second kappa shape index (κ2) is 7.73. The van der Waals surface area contributed by atoms with Gasteiger partial charge in [-0.05, 0) is 25.9 Å². The number of urea groups is 1. The Labute approximate surface area is 112 Å². The van der Waals surface area contributed by atoms with Crippen LogP contribution in [-0.4, -0.2) is 56.6 Å². The minimum absolute atomic E-state index is 0.0269. The summed E-state index contributed by atoms with van der Waals surface area (Å²) < 4.78 is 4.71. The highest BCUT2D eigenvalue weighted by Crippen LogP contribution is 2.18. The lowest BCUT2D eigenvalue weighted by Crippen LogP contribution is -2.41. The van der Waals surface area contributed by atoms with Crippen LogP contribution in [0.4, 0.5) is 4.79 Å². The Bertz CT molecular complexity index is 338. The van der Waals surface area contributed by atoms with E-state index in [-0.39, 0.29) is 24.2 Å². The summed E-state index contributed by atoms with van der Waals surface area (Å²) in [7, 11) is 2.86. The molecule has 108 valence electrons. The minimum atomic E-state index is -0.491. The number of likely N-dealkylation sites (tertiary alicyclic amines) is 1. The molecule has 7 nitrogen and oxygen atoms in total. The number of ether oxygens (including phenoxy) is 1. The summed E-state index contributed by atoms with van der Waals surface area (Å²) in [6.07, 6.45) is 1.78. The van der Waals surface area contributed by atoms with E-state index in [0.29, 0.717) is 6.54 Å². The number of hydrogen-bond donors (Lipinski definition) is 2. The quantitative estimate of drug-likeness (QED) is 0.686. The van der Waals surface area contributed by atoms with Crippen LogP contribution in [0.15, 0.2) is 0 Å². The number of carbonyl (C=O) groups excluding carboxylic acids is 3. The molecule has 0 aliphatic carbocycles. The topological polar surface area (TPSA) is 87.7 Å². The molecule has 1 saturated heterocycles. The van der Waals surface area contributed by atoms with Gasteiger partial charge in [-0.15, -0.1) is 0 Å². The first-order valence-electron chi connectivity index (χ1n) is 6.38. The first-order chi connectivity index (χ1) is 9.06. The van der Waals surface area contributed by atoms with Crippen molar-refractivity contribution in [2.24, 2.45) is 5.92 Å². The number of amides is 3. The first-order valence-corrected chi connectivity index (χ1v) is 6.38. The molecule has 1 fully saturated rings. The van der Waals surface area contributed by atoms with Crippen molar-refractivity contribution in [3.63, 3.8) is 0 Å². The van der Waals surface area contributed by atoms with E-state index in [1.807, 2.05) is 0 Å². The number of methoxy groups -OCH3 is 1. The second-order valence-electron chi connectivity index (χ2n) is 4.52. The summed E-state index contributed by atoms with van der Waals surface area (Å²) in [4.78, 5) is 35.8. The van der Waals surface area contributed by atoms with Crippen LogP contribution in [0.5, 0.6) is 0 Å². The first kappa shape index (κ1) is 15.4. The van der Waals surface area contributed by atoms with Crippen molar-refractivity contribution in [1.82, 2.24) is 15.5 Å². The van der Waals surface area contributed by atoms with Crippen LogP contribution in [0, 0.1) is 5.92 Å². The Balaban J connectivity index is 2.21. The molecular weight excluding hydrogens is 250 g/mol. The van der Waals surface area contributed by atoms with E-state index in [1.54, 1.807) is 0 Å². The Kier molecular flexibility index (Phi) is 6.27. The zero-order valence-electron chi connectivity index (χ0n) is 11.4. The Morgan fingerprint density at radius 2 is 1.89 bits per heavy atom. The van der Waals surface area contributed by atoms with Gasteiger partial charge in [-0.25, -0.2) is 4.79 Å². The molecule has 1 rings (SSSR count). The highest BCUT2D eigenvalue weighted by Gasteiger charge is 2.25. The monoisotopic (exact) mass is 271 g/mol. The van der Waals surface area contributed by atoms with Gasteiger partial charge in [0.05, 0.1) is 13.0 Å². The number of hydrogen-bond acceptors (Lipinski definition) is 5. The van der Waals surface area contributed by atoms with Crippen molar-refractivity contribution < 1.29 is 19.1 Å². The van der Waals surface area contributed by atoms with Crippen molar-refractivity contribution in [3.05, 3.63) is 0 Å². The molecule has 0 spiro atoms. The number of rotatable bonds is 4. The maximum absolute atomic E-state index is 11.4. The van der Waals surface area contributed by atoms with Gasteiger partial charge in [0.15, 0.2) is 0 Å². The van der Waals surface area contributed by atoms with Crippen LogP contribution in [0.25, 0.3) is 0 Å². The molecule has 0 atom stereocenters. The molecule has 1 heterocycles. The molecular formula is C12H21N3O4. The van der Waals surface area contributed by atoms with Gasteiger partial charge in [0.25, 0.3) is 0 Å². The summed E-state index contributed by atoms with van der Waals surface area (Å²) in [6, 6.07) is -0.491. The van der Waals surface area contributed by atoms with Gasteiger partial charge >= 0.3 is 12.0 Å². The fraction of sp³-hybridized carbons (Fsp3) is 0.750. The van der Waals surface area contributed by atoms with Crippen molar-refractivity contribution in [2.45, 2.75) is 19.3 Å². The molecule has 0 saturated carbocycles. The van der Waals surface area contributed by atoms with Crippen LogP contribution in [0.2, 0.25) is 0 Å². The normalized spacial score (nSPS) is 16.7. The number of piperidine rings is 1. The molecule has 19 heavy (non-hydrogen) atoms. The van der Waals surface area contributed by atoms with E-state index in [4.69, 9.17) is 4.74 Å². The van der Waals surface area contributed by atoms with E-state index in [0.717, 1.165) is 25.9 Å². The fourth-order valence-electron chi connectivity index (χ4n) is 2.07. The molecule has 0 aromatic rings. The van der Waals surface area contributed by atoms with Crippen LogP contribution in [0.3, 0.4) is 0 Å². The number of esters is 1. The third kappa shape index (κ3) is 5.25. The fourth-order valence-corrected chi connectivity index (χ4v) is 2.07. The van der Waals surface area contributed by atoms with E-state index in [9.17, 15) is 14.4 Å². The number of nitrogens with zero attached hydrogens (tertiary/aromatic N) is 1. The molecule has 0 radical (unpaired) electrons. The van der Waals surface area contributed by atoms with Gasteiger partial charge in [0.1, 0.15) is 0 Å². The van der Waals surface area contributed by atoms with E-state index >= 15 is 0 Å². The Hall–Kier alpha value is -1.63. The molecule has 1 aliphatic rings. The third-order valence-corrected chi connectivity index (χ3v) is 3.26. The zero-order valence-corrected chi connectivity index (χ0v) is 11.4. The van der Waals surface area contributed by atoms with Gasteiger partial charge < -0.3 is 15.0 Å². The van der Waals surface area contributed by atoms with Crippen molar-refractivity contribution in [3.8, 4) is 0 Å². The summed E-state index contributed by atoms with van der Waals surface area (Å²) in [5, 5.41) is 4.54. The smallest absolute Gasteiger partial charge is 0.321 e. The molecule has 2 N–H and O–H groups in total. The predicted octanol–water partition coefficient (Wildman–Crippen LogP) is -0.283. The van der Waals surface area contributed by atoms with Crippen LogP contribution < -0.4 is 10.6 Å². The molecule has 3 amide bonds. The predicted molar refractivity (Wildman–Crippen MR) is 68.4 cm³/mol. The zero-order chi connectivity index (χ0) is 14.3. The molecule has 7 heteroatoms. The lowest BCUT2D eigenvalue weighted by molar-refractivity contribution is -0.147. The average Bonchev–Trinajstić information content (AvgIpc) is 2.44. The maximum Gasteiger partial charge on any atom is 0.321 e. The lowest BCUT2D eigenvalue weighted by Gasteiger charge is -2.30. The lowest BCUT2D eigenvalue weighted by atomic mass is 9.97. The maximum atomic E-state index is 11.4. The number of carbonyl (C=O) groups is 3. The van der Waals surface area contributed by atoms with E-state index in [2.05, 4.69) is 15.5 Å². The Morgan fingerprint density at radius 3 is 2.42 bits per heavy atom. The van der Waals surface area contributed by atoms with Crippen molar-refractivity contribution in [2.75, 3.05) is 33.8 Å². The second-order valence-corrected chi connectivity index (χ2v) is 4.52. The number of imide groups is 1. The van der Waals surface area contributed by atoms with Gasteiger partial charge in [0.2, 0.25) is 5.91 Å². The van der Waals surface area contributed by atoms with Crippen molar-refractivity contribution in [1.29, 1.82) is 0 Å². The summed E-state index contributed by atoms with van der Waals surface area (Å²) in [5.74, 6) is -0.479. The molecule has 0 aromatic heterocycles. The van der Waals surface area contributed by atoms with Gasteiger partial charge in [-0.3, -0.25) is 14.9 Å². The average molecular weight is 271 g/mol. The van der Waals surface area contributed by atoms with Crippen LogP contribution in [0.1, 0.15) is 19.3 Å². The highest BCUT2D eigenvalue weighted by atomic mass is 16.5. The largest absolute Gasteiger partial charge is 0.469 e. The van der Waals surface area contributed by atoms with Crippen LogP contribution in [-0.2, 0) is 14.3 Å². The molecule has 0 aromatic carbocycles. The summed E-state index contributed by atoms with van der Waals surface area (Å²) >= 11 is 0. The van der Waals surface area contributed by atoms with Crippen molar-refractivity contribution >= 4 is 17.9 Å². The van der Waals surface area contributed by atoms with Gasteiger partial charge in [0, 0.05) is 20.0 Å². The highest BCUT2D eigenvalue weighted by molar-refractivity contribution is 5.94. The molecule has 1 aliphatic heterocycles. The minimum Gasteiger partial charge on any atom is -0.469 e. The summed E-state index contributed by atoms with van der Waals surface area (Å²) in [5.41, 5.74) is 0. The summed E-state index contributed by atoms with van der Waals surface area (Å²) in [6.45, 7) is 2.14. The Morgan fingerprint density at radius 1 is 1.26 bits per heavy atom. The van der Waals surface area contributed by atoms with Gasteiger partial charge in [-0.1, -0.05) is 0 Å². The molecule has 0 bridgehead atoms. The molecule has 0 unspecified atom stereocenters. The van der Waals surface area contributed by atoms with Gasteiger partial charge in [-0.2, -0.15) is 0 Å². The number of nitrogens with one attached hydrogen (secondary N) is 2. The van der Waals surface area contributed by atoms with E-state index in [1.165, 1.54) is 14.2 Å². The third-order valence-electron chi connectivity index (χ3n) is 3.26. The van der Waals surface area contributed by atoms with Crippen LogP contribution >= 0.6 is 0 Å².